The molecule has 2 N–H and O–H groups in total. The van der Waals surface area contributed by atoms with Gasteiger partial charge in [-0.15, -0.1) is 24.0 Å². The van der Waals surface area contributed by atoms with E-state index in [-0.39, 0.29) is 47.2 Å². The van der Waals surface area contributed by atoms with Gasteiger partial charge in [-0.25, -0.2) is 9.38 Å². The van der Waals surface area contributed by atoms with Crippen molar-refractivity contribution in [3.63, 3.8) is 0 Å². The zero-order valence-corrected chi connectivity index (χ0v) is 18.6. The van der Waals surface area contributed by atoms with Gasteiger partial charge in [0.2, 0.25) is 0 Å². The molecule has 0 atom stereocenters. The molecule has 1 aliphatic carbocycles. The maximum atomic E-state index is 14.1. The maximum absolute atomic E-state index is 14.1. The fourth-order valence-corrected chi connectivity index (χ4v) is 3.18. The molecule has 1 aromatic rings. The van der Waals surface area contributed by atoms with Crippen molar-refractivity contribution in [2.24, 2.45) is 10.4 Å². The zero-order chi connectivity index (χ0) is 19.7. The molecule has 0 saturated heterocycles. The molecule has 9 heteroatoms. The van der Waals surface area contributed by atoms with E-state index in [4.69, 9.17) is 4.74 Å². The summed E-state index contributed by atoms with van der Waals surface area (Å²) in [5.41, 5.74) is 0.196. The van der Waals surface area contributed by atoms with Crippen molar-refractivity contribution >= 4 is 29.9 Å². The van der Waals surface area contributed by atoms with Crippen LogP contribution in [0.1, 0.15) is 38.2 Å². The Kier molecular flexibility index (Phi) is 10.9. The highest BCUT2D eigenvalue weighted by molar-refractivity contribution is 14.0. The first-order chi connectivity index (χ1) is 13.0. The van der Waals surface area contributed by atoms with E-state index in [0.29, 0.717) is 19.1 Å². The molecular weight excluding hydrogens is 486 g/mol. The number of alkyl halides is 2. The van der Waals surface area contributed by atoms with Crippen LogP contribution in [0, 0.1) is 11.2 Å². The Bertz CT molecular complexity index is 628. The molecule has 0 spiro atoms. The number of hydrogen-bond donors (Lipinski definition) is 2. The minimum absolute atomic E-state index is 0. The van der Waals surface area contributed by atoms with Crippen LogP contribution in [0.4, 0.5) is 13.2 Å². The van der Waals surface area contributed by atoms with Gasteiger partial charge in [0.25, 0.3) is 0 Å². The molecule has 1 fully saturated rings. The summed E-state index contributed by atoms with van der Waals surface area (Å²) in [4.78, 5) is 4.35. The highest BCUT2D eigenvalue weighted by Crippen LogP contribution is 2.43. The predicted molar refractivity (Wildman–Crippen MR) is 114 cm³/mol. The van der Waals surface area contributed by atoms with Crippen LogP contribution in [0.2, 0.25) is 0 Å². The fourth-order valence-electron chi connectivity index (χ4n) is 3.18. The first-order valence-corrected chi connectivity index (χ1v) is 9.23. The minimum Gasteiger partial charge on any atom is -0.434 e. The lowest BCUT2D eigenvalue weighted by atomic mass is 9.67. The lowest BCUT2D eigenvalue weighted by molar-refractivity contribution is -0.0506. The van der Waals surface area contributed by atoms with E-state index in [9.17, 15) is 13.2 Å². The molecule has 160 valence electrons. The maximum Gasteiger partial charge on any atom is 0.387 e. The third-order valence-electron chi connectivity index (χ3n) is 4.91. The summed E-state index contributed by atoms with van der Waals surface area (Å²) in [6.07, 6.45) is 4.42. The number of nitrogens with zero attached hydrogens (tertiary/aromatic N) is 1. The average Bonchev–Trinajstić information content (AvgIpc) is 2.59. The van der Waals surface area contributed by atoms with Crippen LogP contribution < -0.4 is 15.4 Å². The molecule has 0 aliphatic heterocycles. The number of methoxy groups -OCH3 is 1. The number of ether oxygens (including phenoxy) is 2. The third-order valence-corrected chi connectivity index (χ3v) is 4.91. The standard InChI is InChI=1S/C19H28F3N3O2.HI/c1-3-23-18(25-13-19(8-5-9-19)10-11-26-2)24-12-14-15(20)6-4-7-16(14)27-17(21)22;/h4,6-7,17H,3,5,8-13H2,1-2H3,(H2,23,24,25);1H. The molecule has 0 amide bonds. The molecule has 1 saturated carbocycles. The highest BCUT2D eigenvalue weighted by Gasteiger charge is 2.36. The monoisotopic (exact) mass is 515 g/mol. The van der Waals surface area contributed by atoms with Gasteiger partial charge in [0, 0.05) is 26.8 Å². The molecule has 1 aromatic carbocycles. The number of aliphatic imine (C=N–C) groups is 1. The van der Waals surface area contributed by atoms with Crippen molar-refractivity contribution in [2.75, 3.05) is 26.8 Å². The average molecular weight is 515 g/mol. The van der Waals surface area contributed by atoms with E-state index in [1.165, 1.54) is 24.6 Å². The fraction of sp³-hybridized carbons (Fsp3) is 0.632. The normalized spacial score (nSPS) is 15.6. The van der Waals surface area contributed by atoms with E-state index in [1.807, 2.05) is 6.92 Å². The number of halogens is 4. The summed E-state index contributed by atoms with van der Waals surface area (Å²) in [6.45, 7) is 0.887. The van der Waals surface area contributed by atoms with Gasteiger partial charge >= 0.3 is 6.61 Å². The van der Waals surface area contributed by atoms with E-state index in [1.54, 1.807) is 7.11 Å². The SMILES string of the molecule is CCNC(=NCc1c(F)cccc1OC(F)F)NCC1(CCOC)CCC1.I. The lowest BCUT2D eigenvalue weighted by Gasteiger charge is -2.42. The van der Waals surface area contributed by atoms with E-state index in [2.05, 4.69) is 20.4 Å². The quantitative estimate of drug-likeness (QED) is 0.277. The molecule has 0 aromatic heterocycles. The second-order valence-electron chi connectivity index (χ2n) is 6.74. The Hall–Kier alpha value is -1.23. The van der Waals surface area contributed by atoms with Gasteiger partial charge < -0.3 is 20.1 Å². The van der Waals surface area contributed by atoms with E-state index >= 15 is 0 Å². The molecule has 5 nitrogen and oxygen atoms in total. The van der Waals surface area contributed by atoms with Crippen molar-refractivity contribution < 1.29 is 22.6 Å². The van der Waals surface area contributed by atoms with Crippen molar-refractivity contribution in [3.8, 4) is 5.75 Å². The van der Waals surface area contributed by atoms with Crippen LogP contribution in [0.15, 0.2) is 23.2 Å². The molecule has 1 aliphatic rings. The van der Waals surface area contributed by atoms with Gasteiger partial charge in [0.1, 0.15) is 11.6 Å². The van der Waals surface area contributed by atoms with Crippen LogP contribution in [0.5, 0.6) is 5.75 Å². The van der Waals surface area contributed by atoms with Gasteiger partial charge in [-0.05, 0) is 43.7 Å². The Balaban J connectivity index is 0.00000392. The highest BCUT2D eigenvalue weighted by atomic mass is 127. The Morgan fingerprint density at radius 2 is 2.04 bits per heavy atom. The van der Waals surface area contributed by atoms with Crippen molar-refractivity contribution in [1.82, 2.24) is 10.6 Å². The van der Waals surface area contributed by atoms with Crippen LogP contribution in [0.25, 0.3) is 0 Å². The number of nitrogens with one attached hydrogen (secondary N) is 2. The van der Waals surface area contributed by atoms with Crippen LogP contribution in [-0.4, -0.2) is 39.4 Å². The van der Waals surface area contributed by atoms with Gasteiger partial charge in [-0.1, -0.05) is 12.5 Å². The summed E-state index contributed by atoms with van der Waals surface area (Å²) in [7, 11) is 1.69. The second kappa shape index (κ2) is 12.4. The Labute approximate surface area is 181 Å². The van der Waals surface area contributed by atoms with Gasteiger partial charge in [-0.3, -0.25) is 0 Å². The molecule has 28 heavy (non-hydrogen) atoms. The number of benzene rings is 1. The van der Waals surface area contributed by atoms with Crippen molar-refractivity contribution in [2.45, 2.75) is 45.8 Å². The number of hydrogen-bond acceptors (Lipinski definition) is 3. The molecule has 0 radical (unpaired) electrons. The van der Waals surface area contributed by atoms with Crippen LogP contribution in [0.3, 0.4) is 0 Å². The third kappa shape index (κ3) is 7.31. The Morgan fingerprint density at radius 1 is 1.29 bits per heavy atom. The summed E-state index contributed by atoms with van der Waals surface area (Å²) in [5.74, 6) is -0.295. The summed E-state index contributed by atoms with van der Waals surface area (Å²) in [5, 5.41) is 6.40. The Morgan fingerprint density at radius 3 is 2.61 bits per heavy atom. The van der Waals surface area contributed by atoms with Crippen molar-refractivity contribution in [1.29, 1.82) is 0 Å². The largest absolute Gasteiger partial charge is 0.434 e. The number of guanidine groups is 1. The summed E-state index contributed by atoms with van der Waals surface area (Å²) >= 11 is 0. The van der Waals surface area contributed by atoms with Crippen LogP contribution in [-0.2, 0) is 11.3 Å². The van der Waals surface area contributed by atoms with Crippen molar-refractivity contribution in [3.05, 3.63) is 29.6 Å². The van der Waals surface area contributed by atoms with Crippen LogP contribution >= 0.6 is 24.0 Å². The van der Waals surface area contributed by atoms with Gasteiger partial charge in [-0.2, -0.15) is 8.78 Å². The number of rotatable bonds is 10. The van der Waals surface area contributed by atoms with E-state index in [0.717, 1.165) is 25.8 Å². The zero-order valence-electron chi connectivity index (χ0n) is 16.3. The smallest absolute Gasteiger partial charge is 0.387 e. The summed E-state index contributed by atoms with van der Waals surface area (Å²) in [6, 6.07) is 3.85. The molecule has 2 rings (SSSR count). The van der Waals surface area contributed by atoms with Gasteiger partial charge in [0.15, 0.2) is 5.96 Å². The molecule has 0 heterocycles. The molecule has 0 bridgehead atoms. The van der Waals surface area contributed by atoms with E-state index < -0.39 is 12.4 Å². The minimum atomic E-state index is -3.01. The second-order valence-corrected chi connectivity index (χ2v) is 6.74. The topological polar surface area (TPSA) is 54.9 Å². The summed E-state index contributed by atoms with van der Waals surface area (Å²) < 4.78 is 48.7. The van der Waals surface area contributed by atoms with Gasteiger partial charge in [0.05, 0.1) is 12.1 Å². The molecule has 0 unspecified atom stereocenters. The first-order valence-electron chi connectivity index (χ1n) is 9.23. The molecular formula is C19H29F3IN3O2. The lowest BCUT2D eigenvalue weighted by Crippen LogP contribution is -2.47. The predicted octanol–water partition coefficient (Wildman–Crippen LogP) is 4.31. The first kappa shape index (κ1) is 24.8.